The molecule has 1 aromatic heterocycles. The largest absolute Gasteiger partial charge is 0.493 e. The number of hydrogen-bond acceptors (Lipinski definition) is 5. The summed E-state index contributed by atoms with van der Waals surface area (Å²) in [6, 6.07) is 13.8. The number of benzene rings is 2. The molecule has 0 spiro atoms. The van der Waals surface area contributed by atoms with E-state index >= 15 is 0 Å². The van der Waals surface area contributed by atoms with Gasteiger partial charge in [0, 0.05) is 43.1 Å². The number of rotatable bonds is 7. The molecule has 0 aliphatic carbocycles. The highest BCUT2D eigenvalue weighted by Gasteiger charge is 2.24. The van der Waals surface area contributed by atoms with Crippen molar-refractivity contribution in [1.82, 2.24) is 9.88 Å². The van der Waals surface area contributed by atoms with Crippen molar-refractivity contribution in [3.8, 4) is 28.5 Å². The number of aryl methyl sites for hydroxylation is 3. The third-order valence-corrected chi connectivity index (χ3v) is 8.06. The van der Waals surface area contributed by atoms with Gasteiger partial charge in [-0.2, -0.15) is 0 Å². The highest BCUT2D eigenvalue weighted by atomic mass is 16.5. The molecule has 6 heteroatoms. The zero-order chi connectivity index (χ0) is 24.5. The SMILES string of the molecule is COc1cc2c(cc1OC)-c1cc(CCNC3CCN(c4cccc5c4OCCC5)CC3)cn1CC2. The summed E-state index contributed by atoms with van der Waals surface area (Å²) in [6.45, 7) is 5.03. The van der Waals surface area contributed by atoms with E-state index in [4.69, 9.17) is 14.2 Å². The van der Waals surface area contributed by atoms with E-state index in [1.54, 1.807) is 14.2 Å². The van der Waals surface area contributed by atoms with Crippen LogP contribution in [0.1, 0.15) is 36.0 Å². The average molecular weight is 488 g/mol. The summed E-state index contributed by atoms with van der Waals surface area (Å²) in [5.41, 5.74) is 7.94. The number of aromatic nitrogens is 1. The molecule has 2 aromatic carbocycles. The van der Waals surface area contributed by atoms with Gasteiger partial charge in [0.05, 0.1) is 26.5 Å². The lowest BCUT2D eigenvalue weighted by Crippen LogP contribution is -2.43. The zero-order valence-electron chi connectivity index (χ0n) is 21.5. The standard InChI is InChI=1S/C30H37N3O3/c1-34-28-18-23-9-13-33-20-21(17-27(33)25(23)19-29(28)35-2)8-12-31-24-10-14-32(15-11-24)26-7-3-5-22-6-4-16-36-30(22)26/h3,5,7,17-20,24,31H,4,6,8-16H2,1-2H3. The van der Waals surface area contributed by atoms with Crippen LogP contribution in [-0.2, 0) is 25.8 Å². The Kier molecular flexibility index (Phi) is 6.53. The molecule has 0 radical (unpaired) electrons. The molecule has 1 N–H and O–H groups in total. The second-order valence-electron chi connectivity index (χ2n) is 10.2. The summed E-state index contributed by atoms with van der Waals surface area (Å²) in [5, 5.41) is 3.83. The number of nitrogens with zero attached hydrogens (tertiary/aromatic N) is 2. The number of hydrogen-bond donors (Lipinski definition) is 1. The molecule has 0 bridgehead atoms. The van der Waals surface area contributed by atoms with E-state index in [0.717, 1.165) is 75.7 Å². The summed E-state index contributed by atoms with van der Waals surface area (Å²) in [5.74, 6) is 2.74. The maximum atomic E-state index is 6.06. The highest BCUT2D eigenvalue weighted by Crippen LogP contribution is 2.39. The predicted octanol–water partition coefficient (Wildman–Crippen LogP) is 4.85. The molecular formula is C30H37N3O3. The topological polar surface area (TPSA) is 47.9 Å². The van der Waals surface area contributed by atoms with Gasteiger partial charge in [-0.3, -0.25) is 0 Å². The first kappa shape index (κ1) is 23.3. The van der Waals surface area contributed by atoms with Crippen LogP contribution in [0, 0.1) is 0 Å². The summed E-state index contributed by atoms with van der Waals surface area (Å²) in [6.07, 6.45) is 9.00. The fourth-order valence-corrected chi connectivity index (χ4v) is 6.09. The normalized spacial score (nSPS) is 17.1. The number of fused-ring (bicyclic) bond motifs is 4. The first-order chi connectivity index (χ1) is 17.7. The van der Waals surface area contributed by atoms with Gasteiger partial charge in [0.25, 0.3) is 0 Å². The first-order valence-electron chi connectivity index (χ1n) is 13.4. The lowest BCUT2D eigenvalue weighted by Gasteiger charge is -2.36. The van der Waals surface area contributed by atoms with Crippen LogP contribution >= 0.6 is 0 Å². The summed E-state index contributed by atoms with van der Waals surface area (Å²) < 4.78 is 19.5. The van der Waals surface area contributed by atoms with Crippen LogP contribution < -0.4 is 24.4 Å². The minimum Gasteiger partial charge on any atom is -0.493 e. The Morgan fingerprint density at radius 2 is 1.81 bits per heavy atom. The fourth-order valence-electron chi connectivity index (χ4n) is 6.09. The van der Waals surface area contributed by atoms with Gasteiger partial charge in [0.15, 0.2) is 11.5 Å². The zero-order valence-corrected chi connectivity index (χ0v) is 21.5. The molecule has 0 unspecified atom stereocenters. The third-order valence-electron chi connectivity index (χ3n) is 8.06. The quantitative estimate of drug-likeness (QED) is 0.516. The molecule has 3 aliphatic heterocycles. The van der Waals surface area contributed by atoms with Crippen LogP contribution in [0.5, 0.6) is 17.2 Å². The van der Waals surface area contributed by atoms with Gasteiger partial charge in [0.1, 0.15) is 5.75 Å². The molecule has 0 amide bonds. The van der Waals surface area contributed by atoms with Gasteiger partial charge in [-0.05, 0) is 86.0 Å². The van der Waals surface area contributed by atoms with Crippen LogP contribution in [0.15, 0.2) is 42.6 Å². The third kappa shape index (κ3) is 4.43. The Morgan fingerprint density at radius 1 is 0.972 bits per heavy atom. The van der Waals surface area contributed by atoms with Gasteiger partial charge in [-0.15, -0.1) is 0 Å². The molecule has 1 fully saturated rings. The Bertz CT molecular complexity index is 1230. The van der Waals surface area contributed by atoms with Crippen molar-refractivity contribution >= 4 is 5.69 Å². The molecule has 4 heterocycles. The molecule has 190 valence electrons. The van der Waals surface area contributed by atoms with Crippen molar-refractivity contribution in [2.75, 3.05) is 45.4 Å². The van der Waals surface area contributed by atoms with Gasteiger partial charge < -0.3 is 29.0 Å². The molecule has 6 rings (SSSR count). The van der Waals surface area contributed by atoms with Crippen molar-refractivity contribution in [2.24, 2.45) is 0 Å². The molecule has 0 atom stereocenters. The second kappa shape index (κ2) is 10.1. The number of methoxy groups -OCH3 is 2. The van der Waals surface area contributed by atoms with E-state index in [-0.39, 0.29) is 0 Å². The predicted molar refractivity (Wildman–Crippen MR) is 144 cm³/mol. The van der Waals surface area contributed by atoms with E-state index in [0.29, 0.717) is 6.04 Å². The molecule has 3 aromatic rings. The van der Waals surface area contributed by atoms with Crippen molar-refractivity contribution in [2.45, 2.75) is 51.1 Å². The Balaban J connectivity index is 1.05. The Hall–Kier alpha value is -3.12. The number of piperidine rings is 1. The van der Waals surface area contributed by atoms with E-state index < -0.39 is 0 Å². The fraction of sp³-hybridized carbons (Fsp3) is 0.467. The summed E-state index contributed by atoms with van der Waals surface area (Å²) in [7, 11) is 3.41. The molecule has 1 saturated heterocycles. The maximum absolute atomic E-state index is 6.06. The molecule has 0 saturated carbocycles. The molecule has 6 nitrogen and oxygen atoms in total. The Morgan fingerprint density at radius 3 is 2.64 bits per heavy atom. The van der Waals surface area contributed by atoms with E-state index in [2.05, 4.69) is 57.4 Å². The van der Waals surface area contributed by atoms with Gasteiger partial charge >= 0.3 is 0 Å². The molecule has 3 aliphatic rings. The average Bonchev–Trinajstić information content (AvgIpc) is 3.36. The minimum absolute atomic E-state index is 0.580. The van der Waals surface area contributed by atoms with Gasteiger partial charge in [-0.25, -0.2) is 0 Å². The number of ether oxygens (including phenoxy) is 3. The number of para-hydroxylation sites is 1. The van der Waals surface area contributed by atoms with Gasteiger partial charge in [-0.1, -0.05) is 12.1 Å². The van der Waals surface area contributed by atoms with Crippen LogP contribution in [0.4, 0.5) is 5.69 Å². The van der Waals surface area contributed by atoms with Gasteiger partial charge in [0.2, 0.25) is 0 Å². The molecule has 36 heavy (non-hydrogen) atoms. The minimum atomic E-state index is 0.580. The summed E-state index contributed by atoms with van der Waals surface area (Å²) >= 11 is 0. The van der Waals surface area contributed by atoms with E-state index in [1.807, 2.05) is 0 Å². The highest BCUT2D eigenvalue weighted by molar-refractivity contribution is 5.71. The first-order valence-corrected chi connectivity index (χ1v) is 13.4. The van der Waals surface area contributed by atoms with E-state index in [1.165, 1.54) is 46.5 Å². The van der Waals surface area contributed by atoms with E-state index in [9.17, 15) is 0 Å². The van der Waals surface area contributed by atoms with Crippen LogP contribution in [-0.4, -0.2) is 51.1 Å². The van der Waals surface area contributed by atoms with Crippen LogP contribution in [0.3, 0.4) is 0 Å². The van der Waals surface area contributed by atoms with Crippen molar-refractivity contribution in [1.29, 1.82) is 0 Å². The van der Waals surface area contributed by atoms with Crippen LogP contribution in [0.2, 0.25) is 0 Å². The molecular weight excluding hydrogens is 450 g/mol. The maximum Gasteiger partial charge on any atom is 0.161 e. The smallest absolute Gasteiger partial charge is 0.161 e. The lowest BCUT2D eigenvalue weighted by molar-refractivity contribution is 0.287. The number of anilines is 1. The van der Waals surface area contributed by atoms with Crippen molar-refractivity contribution < 1.29 is 14.2 Å². The van der Waals surface area contributed by atoms with Crippen LogP contribution in [0.25, 0.3) is 11.3 Å². The second-order valence-corrected chi connectivity index (χ2v) is 10.2. The number of nitrogens with one attached hydrogen (secondary N) is 1. The van der Waals surface area contributed by atoms with Crippen molar-refractivity contribution in [3.63, 3.8) is 0 Å². The monoisotopic (exact) mass is 487 g/mol. The lowest BCUT2D eigenvalue weighted by atomic mass is 9.97. The van der Waals surface area contributed by atoms with Crippen molar-refractivity contribution in [3.05, 3.63) is 59.3 Å². The summed E-state index contributed by atoms with van der Waals surface area (Å²) in [4.78, 5) is 2.52. The Labute approximate surface area is 214 Å².